The first-order chi connectivity index (χ1) is 17.2. The van der Waals surface area contributed by atoms with Crippen LogP contribution < -0.4 is 5.32 Å². The third-order valence-corrected chi connectivity index (χ3v) is 6.00. The molecule has 8 heteroatoms. The summed E-state index contributed by atoms with van der Waals surface area (Å²) in [7, 11) is 0. The van der Waals surface area contributed by atoms with Crippen LogP contribution in [0.3, 0.4) is 0 Å². The Morgan fingerprint density at radius 2 is 2.03 bits per heavy atom. The molecule has 36 heavy (non-hydrogen) atoms. The highest BCUT2D eigenvalue weighted by molar-refractivity contribution is 5.76. The quantitative estimate of drug-likeness (QED) is 0.429. The minimum Gasteiger partial charge on any atom is -0.378 e. The van der Waals surface area contributed by atoms with E-state index in [1.54, 1.807) is 44.6 Å². The maximum atomic E-state index is 13.2. The molecule has 7 nitrogen and oxygen atoms in total. The van der Waals surface area contributed by atoms with E-state index in [4.69, 9.17) is 0 Å². The molecule has 1 atom stereocenters. The van der Waals surface area contributed by atoms with Crippen LogP contribution in [0, 0.1) is 17.7 Å². The van der Waals surface area contributed by atoms with Crippen molar-refractivity contribution < 1.29 is 14.3 Å². The van der Waals surface area contributed by atoms with E-state index in [0.29, 0.717) is 12.8 Å². The van der Waals surface area contributed by atoms with Crippen molar-refractivity contribution in [2.75, 3.05) is 0 Å². The van der Waals surface area contributed by atoms with Gasteiger partial charge in [0.15, 0.2) is 0 Å². The van der Waals surface area contributed by atoms with E-state index in [2.05, 4.69) is 27.2 Å². The molecule has 2 aromatic heterocycles. The van der Waals surface area contributed by atoms with Crippen LogP contribution in [-0.4, -0.2) is 36.1 Å². The summed E-state index contributed by atoms with van der Waals surface area (Å²) in [5.74, 6) is 6.33. The Morgan fingerprint density at radius 3 is 2.81 bits per heavy atom. The van der Waals surface area contributed by atoms with E-state index < -0.39 is 5.60 Å². The van der Waals surface area contributed by atoms with Crippen LogP contribution >= 0.6 is 0 Å². The smallest absolute Gasteiger partial charge is 0.342 e. The molecule has 0 unspecified atom stereocenters. The van der Waals surface area contributed by atoms with Crippen molar-refractivity contribution in [1.82, 2.24) is 24.6 Å². The molecule has 1 amide bonds. The van der Waals surface area contributed by atoms with Crippen LogP contribution in [0.15, 0.2) is 67.3 Å². The Kier molecular flexibility index (Phi) is 6.17. The number of hydrogen-bond acceptors (Lipinski definition) is 4. The lowest BCUT2D eigenvalue weighted by molar-refractivity contribution is 0.143. The molecule has 1 aliphatic rings. The Hall–Kier alpha value is -4.22. The van der Waals surface area contributed by atoms with E-state index in [9.17, 15) is 14.3 Å². The van der Waals surface area contributed by atoms with Crippen molar-refractivity contribution >= 4 is 6.03 Å². The van der Waals surface area contributed by atoms with Crippen LogP contribution in [-0.2, 0) is 12.8 Å². The zero-order valence-electron chi connectivity index (χ0n) is 20.1. The van der Waals surface area contributed by atoms with E-state index in [0.717, 1.165) is 40.2 Å². The zero-order valence-corrected chi connectivity index (χ0v) is 20.1. The fourth-order valence-corrected chi connectivity index (χ4v) is 4.26. The molecule has 4 aromatic rings. The number of carbonyl (C=O) groups excluding carboxylic acids is 1. The van der Waals surface area contributed by atoms with Gasteiger partial charge in [0.1, 0.15) is 17.2 Å². The van der Waals surface area contributed by atoms with Crippen molar-refractivity contribution in [2.24, 2.45) is 0 Å². The summed E-state index contributed by atoms with van der Waals surface area (Å²) in [6.45, 7) is 3.30. The van der Waals surface area contributed by atoms with Gasteiger partial charge in [0.2, 0.25) is 0 Å². The number of aliphatic hydroxyl groups is 1. The average Bonchev–Trinajstić information content (AvgIpc) is 3.49. The number of carbonyl (C=O) groups is 1. The van der Waals surface area contributed by atoms with Gasteiger partial charge in [-0.05, 0) is 67.6 Å². The van der Waals surface area contributed by atoms with Gasteiger partial charge in [0.05, 0.1) is 17.9 Å². The first-order valence-electron chi connectivity index (χ1n) is 11.8. The predicted octanol–water partition coefficient (Wildman–Crippen LogP) is 4.17. The molecule has 182 valence electrons. The molecule has 0 spiro atoms. The third-order valence-electron chi connectivity index (χ3n) is 6.00. The number of aryl methyl sites for hydroxylation is 1. The summed E-state index contributed by atoms with van der Waals surface area (Å²) in [4.78, 5) is 17.6. The monoisotopic (exact) mass is 483 g/mol. The lowest BCUT2D eigenvalue weighted by atomic mass is 10.0. The van der Waals surface area contributed by atoms with E-state index in [1.165, 1.54) is 16.8 Å². The molecular formula is C28H26FN5O2. The summed E-state index contributed by atoms with van der Waals surface area (Å²) in [5.41, 5.74) is 3.59. The van der Waals surface area contributed by atoms with Gasteiger partial charge in [-0.2, -0.15) is 9.78 Å². The average molecular weight is 484 g/mol. The summed E-state index contributed by atoms with van der Waals surface area (Å²) < 4.78 is 16.4. The molecule has 1 aliphatic heterocycles. The summed E-state index contributed by atoms with van der Waals surface area (Å²) in [6.07, 6.45) is 8.89. The van der Waals surface area contributed by atoms with Gasteiger partial charge in [-0.15, -0.1) is 0 Å². The Bertz CT molecular complexity index is 1470. The van der Waals surface area contributed by atoms with Crippen molar-refractivity contribution in [3.63, 3.8) is 0 Å². The maximum Gasteiger partial charge on any atom is 0.342 e. The SMILES string of the molecule is CC(C)(O)C#Cc1ccc2c(c1)-n1ccnc1[C@H](NC(=O)n1cc(Cc3ccc(F)cc3)cn1)CC2. The molecule has 0 radical (unpaired) electrons. The molecule has 0 aliphatic carbocycles. The van der Waals surface area contributed by atoms with Gasteiger partial charge in [0, 0.05) is 30.6 Å². The molecule has 5 rings (SSSR count). The standard InChI is InChI=1S/C28H26FN5O2/c1-28(2,36)12-11-20-3-6-22-7-10-24(26-30-13-14-33(26)25(22)16-20)32-27(35)34-18-21(17-31-34)15-19-4-8-23(29)9-5-19/h3-6,8-9,13-14,16-18,24,36H,7,10,15H2,1-2H3,(H,32,35)/t24-/m1/s1. The molecule has 0 bridgehead atoms. The number of nitrogens with zero attached hydrogens (tertiary/aromatic N) is 4. The number of benzene rings is 2. The highest BCUT2D eigenvalue weighted by Gasteiger charge is 2.25. The molecule has 3 heterocycles. The second kappa shape index (κ2) is 9.44. The van der Waals surface area contributed by atoms with Crippen LogP contribution in [0.1, 0.15) is 54.4 Å². The van der Waals surface area contributed by atoms with Gasteiger partial charge in [-0.1, -0.05) is 30.0 Å². The second-order valence-electron chi connectivity index (χ2n) is 9.45. The second-order valence-corrected chi connectivity index (χ2v) is 9.45. The van der Waals surface area contributed by atoms with E-state index in [-0.39, 0.29) is 17.9 Å². The minimum absolute atomic E-state index is 0.281. The maximum absolute atomic E-state index is 13.2. The molecule has 0 fully saturated rings. The largest absolute Gasteiger partial charge is 0.378 e. The minimum atomic E-state index is -1.08. The number of imidazole rings is 1. The summed E-state index contributed by atoms with van der Waals surface area (Å²) >= 11 is 0. The van der Waals surface area contributed by atoms with Crippen molar-refractivity contribution in [3.8, 4) is 17.5 Å². The van der Waals surface area contributed by atoms with Gasteiger partial charge in [-0.3, -0.25) is 0 Å². The van der Waals surface area contributed by atoms with Crippen LogP contribution in [0.2, 0.25) is 0 Å². The number of nitrogens with one attached hydrogen (secondary N) is 1. The highest BCUT2D eigenvalue weighted by Crippen LogP contribution is 2.29. The van der Waals surface area contributed by atoms with Crippen LogP contribution in [0.5, 0.6) is 0 Å². The summed E-state index contributed by atoms with van der Waals surface area (Å²) in [6, 6.07) is 11.6. The first-order valence-corrected chi connectivity index (χ1v) is 11.8. The number of amides is 1. The van der Waals surface area contributed by atoms with Gasteiger partial charge in [-0.25, -0.2) is 14.2 Å². The molecule has 0 saturated carbocycles. The van der Waals surface area contributed by atoms with Crippen molar-refractivity contribution in [3.05, 3.63) is 101 Å². The van der Waals surface area contributed by atoms with E-state index in [1.807, 2.05) is 29.0 Å². The Labute approximate surface area is 208 Å². The number of halogens is 1. The van der Waals surface area contributed by atoms with Crippen molar-refractivity contribution in [1.29, 1.82) is 0 Å². The van der Waals surface area contributed by atoms with Gasteiger partial charge < -0.3 is 15.0 Å². The van der Waals surface area contributed by atoms with E-state index >= 15 is 0 Å². The lowest BCUT2D eigenvalue weighted by Crippen LogP contribution is -2.33. The topological polar surface area (TPSA) is 85.0 Å². The molecule has 2 aromatic carbocycles. The fraction of sp³-hybridized carbons (Fsp3) is 0.250. The molecule has 0 saturated heterocycles. The third kappa shape index (κ3) is 5.21. The molecular weight excluding hydrogens is 457 g/mol. The Morgan fingerprint density at radius 1 is 1.22 bits per heavy atom. The van der Waals surface area contributed by atoms with Crippen LogP contribution in [0.25, 0.3) is 5.69 Å². The molecule has 2 N–H and O–H groups in total. The number of rotatable bonds is 3. The van der Waals surface area contributed by atoms with Crippen LogP contribution in [0.4, 0.5) is 9.18 Å². The zero-order chi connectivity index (χ0) is 25.3. The normalized spacial score (nSPS) is 14.7. The first kappa shape index (κ1) is 23.5. The van der Waals surface area contributed by atoms with Gasteiger partial charge >= 0.3 is 6.03 Å². The number of fused-ring (bicyclic) bond motifs is 3. The fourth-order valence-electron chi connectivity index (χ4n) is 4.26. The summed E-state index contributed by atoms with van der Waals surface area (Å²) in [5, 5.41) is 17.2. The van der Waals surface area contributed by atoms with Gasteiger partial charge in [0.25, 0.3) is 0 Å². The number of aromatic nitrogens is 4. The number of hydrogen-bond donors (Lipinski definition) is 2. The predicted molar refractivity (Wildman–Crippen MR) is 133 cm³/mol. The Balaban J connectivity index is 1.34. The van der Waals surface area contributed by atoms with Crippen molar-refractivity contribution in [2.45, 2.75) is 44.8 Å². The lowest BCUT2D eigenvalue weighted by Gasteiger charge is -2.16. The highest BCUT2D eigenvalue weighted by atomic mass is 19.1.